The van der Waals surface area contributed by atoms with Gasteiger partial charge in [0.2, 0.25) is 5.91 Å². The van der Waals surface area contributed by atoms with Crippen LogP contribution in [0.15, 0.2) is 42.5 Å². The molecule has 2 aromatic rings. The van der Waals surface area contributed by atoms with Crippen molar-refractivity contribution in [2.24, 2.45) is 0 Å². The summed E-state index contributed by atoms with van der Waals surface area (Å²) in [7, 11) is 3.21. The first-order chi connectivity index (χ1) is 12.9. The summed E-state index contributed by atoms with van der Waals surface area (Å²) in [6.07, 6.45) is 0. The van der Waals surface area contributed by atoms with E-state index in [0.29, 0.717) is 24.0 Å². The molecule has 146 valence electrons. The van der Waals surface area contributed by atoms with E-state index in [1.807, 2.05) is 25.1 Å². The zero-order valence-electron chi connectivity index (χ0n) is 16.7. The number of methoxy groups -OCH3 is 2. The summed E-state index contributed by atoms with van der Waals surface area (Å²) < 4.78 is 10.5. The van der Waals surface area contributed by atoms with Crippen LogP contribution in [0.25, 0.3) is 0 Å². The van der Waals surface area contributed by atoms with E-state index in [-0.39, 0.29) is 11.2 Å². The van der Waals surface area contributed by atoms with Crippen LogP contribution in [-0.2, 0) is 17.1 Å². The largest absolute Gasteiger partial charge is 0.493 e. The molecule has 0 fully saturated rings. The minimum Gasteiger partial charge on any atom is -0.493 e. The third kappa shape index (κ3) is 6.21. The molecule has 27 heavy (non-hydrogen) atoms. The van der Waals surface area contributed by atoms with E-state index in [1.165, 1.54) is 11.1 Å². The number of hydrogen-bond donors (Lipinski definition) is 1. The van der Waals surface area contributed by atoms with Gasteiger partial charge in [-0.05, 0) is 41.7 Å². The number of amides is 1. The van der Waals surface area contributed by atoms with E-state index in [9.17, 15) is 4.79 Å². The average Bonchev–Trinajstić information content (AvgIpc) is 2.70. The molecule has 0 aromatic heterocycles. The molecule has 0 unspecified atom stereocenters. The van der Waals surface area contributed by atoms with E-state index in [2.05, 4.69) is 43.4 Å². The number of rotatable bonds is 9. The van der Waals surface area contributed by atoms with Gasteiger partial charge >= 0.3 is 0 Å². The number of ether oxygens (including phenoxy) is 2. The Morgan fingerprint density at radius 1 is 0.963 bits per heavy atom. The Hall–Kier alpha value is -2.14. The molecule has 0 spiro atoms. The molecule has 0 heterocycles. The Bertz CT molecular complexity index is 744. The quantitative estimate of drug-likeness (QED) is 0.674. The van der Waals surface area contributed by atoms with E-state index >= 15 is 0 Å². The fourth-order valence-electron chi connectivity index (χ4n) is 2.62. The zero-order chi connectivity index (χ0) is 19.8. The van der Waals surface area contributed by atoms with Crippen molar-refractivity contribution in [3.8, 4) is 11.5 Å². The van der Waals surface area contributed by atoms with Crippen molar-refractivity contribution < 1.29 is 14.3 Å². The second-order valence-electron chi connectivity index (χ2n) is 6.76. The van der Waals surface area contributed by atoms with Gasteiger partial charge in [-0.15, -0.1) is 11.8 Å². The molecular weight excluding hydrogens is 358 g/mol. The highest BCUT2D eigenvalue weighted by Crippen LogP contribution is 2.27. The molecule has 4 nitrogen and oxygen atoms in total. The Balaban J connectivity index is 1.83. The van der Waals surface area contributed by atoms with Gasteiger partial charge in [-0.1, -0.05) is 44.2 Å². The summed E-state index contributed by atoms with van der Waals surface area (Å²) in [5.74, 6) is 2.74. The normalized spacial score (nSPS) is 11.9. The maximum absolute atomic E-state index is 12.4. The molecule has 1 N–H and O–H groups in total. The van der Waals surface area contributed by atoms with Crippen LogP contribution >= 0.6 is 11.8 Å². The molecule has 0 aliphatic rings. The molecule has 2 rings (SSSR count). The summed E-state index contributed by atoms with van der Waals surface area (Å²) >= 11 is 1.64. The Morgan fingerprint density at radius 3 is 2.19 bits per heavy atom. The molecule has 0 radical (unpaired) electrons. The van der Waals surface area contributed by atoms with Crippen molar-refractivity contribution in [2.45, 2.75) is 44.2 Å². The summed E-state index contributed by atoms with van der Waals surface area (Å²) in [5.41, 5.74) is 3.55. The Kier molecular flexibility index (Phi) is 8.04. The van der Waals surface area contributed by atoms with Gasteiger partial charge in [-0.3, -0.25) is 4.79 Å². The van der Waals surface area contributed by atoms with Gasteiger partial charge in [0, 0.05) is 12.3 Å². The Morgan fingerprint density at radius 2 is 1.59 bits per heavy atom. The maximum atomic E-state index is 12.4. The predicted octanol–water partition coefficient (Wildman–Crippen LogP) is 4.77. The van der Waals surface area contributed by atoms with Gasteiger partial charge in [0.15, 0.2) is 11.5 Å². The molecule has 0 saturated carbocycles. The highest BCUT2D eigenvalue weighted by Gasteiger charge is 2.14. The third-order valence-corrected chi connectivity index (χ3v) is 5.64. The molecular formula is C22H29NO3S. The predicted molar refractivity (Wildman–Crippen MR) is 113 cm³/mol. The molecule has 0 saturated heterocycles. The number of hydrogen-bond acceptors (Lipinski definition) is 4. The van der Waals surface area contributed by atoms with Crippen LogP contribution in [0.2, 0.25) is 0 Å². The van der Waals surface area contributed by atoms with E-state index in [0.717, 1.165) is 11.3 Å². The lowest BCUT2D eigenvalue weighted by molar-refractivity contribution is -0.120. The fourth-order valence-corrected chi connectivity index (χ4v) is 3.49. The van der Waals surface area contributed by atoms with E-state index in [1.54, 1.807) is 26.0 Å². The molecule has 1 atom stereocenters. The second kappa shape index (κ2) is 10.3. The van der Waals surface area contributed by atoms with Crippen molar-refractivity contribution in [1.82, 2.24) is 5.32 Å². The maximum Gasteiger partial charge on any atom is 0.233 e. The number of carbonyl (C=O) groups excluding carboxylic acids is 1. The average molecular weight is 388 g/mol. The van der Waals surface area contributed by atoms with Crippen LogP contribution in [0.5, 0.6) is 11.5 Å². The topological polar surface area (TPSA) is 47.6 Å². The van der Waals surface area contributed by atoms with E-state index < -0.39 is 0 Å². The minimum atomic E-state index is -0.116. The van der Waals surface area contributed by atoms with Crippen LogP contribution in [0.4, 0.5) is 0 Å². The minimum absolute atomic E-state index is 0.0357. The monoisotopic (exact) mass is 387 g/mol. The SMILES string of the molecule is COc1ccc(CNC(=O)[C@H](C)SCc2ccc(C(C)C)cc2)cc1OC. The van der Waals surface area contributed by atoms with Crippen molar-refractivity contribution in [1.29, 1.82) is 0 Å². The van der Waals surface area contributed by atoms with Crippen molar-refractivity contribution in [3.63, 3.8) is 0 Å². The number of benzene rings is 2. The summed E-state index contributed by atoms with van der Waals surface area (Å²) in [6.45, 7) is 6.79. The fraction of sp³-hybridized carbons (Fsp3) is 0.409. The summed E-state index contributed by atoms with van der Waals surface area (Å²) in [5, 5.41) is 2.88. The highest BCUT2D eigenvalue weighted by atomic mass is 32.2. The number of nitrogens with one attached hydrogen (secondary N) is 1. The van der Waals surface area contributed by atoms with Gasteiger partial charge in [-0.2, -0.15) is 0 Å². The van der Waals surface area contributed by atoms with Crippen LogP contribution in [0.1, 0.15) is 43.4 Å². The third-order valence-electron chi connectivity index (χ3n) is 4.43. The first-order valence-corrected chi connectivity index (χ1v) is 10.2. The van der Waals surface area contributed by atoms with Crippen molar-refractivity contribution in [3.05, 3.63) is 59.2 Å². The lowest BCUT2D eigenvalue weighted by atomic mass is 10.0. The van der Waals surface area contributed by atoms with Gasteiger partial charge in [0.25, 0.3) is 0 Å². The number of thioether (sulfide) groups is 1. The molecule has 2 aromatic carbocycles. The zero-order valence-corrected chi connectivity index (χ0v) is 17.6. The second-order valence-corrected chi connectivity index (χ2v) is 8.09. The van der Waals surface area contributed by atoms with Crippen LogP contribution < -0.4 is 14.8 Å². The Labute approximate surface area is 166 Å². The molecule has 5 heteroatoms. The van der Waals surface area contributed by atoms with E-state index in [4.69, 9.17) is 9.47 Å². The molecule has 0 bridgehead atoms. The standard InChI is InChI=1S/C22H29NO3S/c1-15(2)19-9-6-17(7-10-19)14-27-16(3)22(24)23-13-18-8-11-20(25-4)21(12-18)26-5/h6-12,15-16H,13-14H2,1-5H3,(H,23,24)/t16-/m0/s1. The molecule has 0 aliphatic carbocycles. The van der Waals surface area contributed by atoms with Gasteiger partial charge in [-0.25, -0.2) is 0 Å². The number of carbonyl (C=O) groups is 1. The van der Waals surface area contributed by atoms with Crippen LogP contribution in [0.3, 0.4) is 0 Å². The molecule has 1 amide bonds. The van der Waals surface area contributed by atoms with Crippen LogP contribution in [0, 0.1) is 0 Å². The van der Waals surface area contributed by atoms with Gasteiger partial charge in [0.05, 0.1) is 19.5 Å². The first-order valence-electron chi connectivity index (χ1n) is 9.13. The van der Waals surface area contributed by atoms with Crippen molar-refractivity contribution in [2.75, 3.05) is 14.2 Å². The summed E-state index contributed by atoms with van der Waals surface area (Å²) in [6, 6.07) is 14.3. The van der Waals surface area contributed by atoms with Gasteiger partial charge < -0.3 is 14.8 Å². The lowest BCUT2D eigenvalue weighted by Crippen LogP contribution is -2.30. The lowest BCUT2D eigenvalue weighted by Gasteiger charge is -2.14. The van der Waals surface area contributed by atoms with Gasteiger partial charge in [0.1, 0.15) is 0 Å². The summed E-state index contributed by atoms with van der Waals surface area (Å²) in [4.78, 5) is 12.4. The first kappa shape index (κ1) is 21.2. The van der Waals surface area contributed by atoms with Crippen LogP contribution in [-0.4, -0.2) is 25.4 Å². The molecule has 0 aliphatic heterocycles. The smallest absolute Gasteiger partial charge is 0.233 e. The highest BCUT2D eigenvalue weighted by molar-refractivity contribution is 7.99. The van der Waals surface area contributed by atoms with Crippen molar-refractivity contribution >= 4 is 17.7 Å².